The van der Waals surface area contributed by atoms with Crippen molar-refractivity contribution in [2.24, 2.45) is 0 Å². The molecule has 1 heterocycles. The molecule has 0 amide bonds. The van der Waals surface area contributed by atoms with E-state index in [1.165, 1.54) is 10.4 Å². The van der Waals surface area contributed by atoms with Crippen molar-refractivity contribution in [1.82, 2.24) is 5.32 Å². The Kier molecular flexibility index (Phi) is 5.88. The molecule has 0 unspecified atom stereocenters. The average Bonchev–Trinajstić information content (AvgIpc) is 2.77. The van der Waals surface area contributed by atoms with Gasteiger partial charge in [-0.3, -0.25) is 0 Å². The number of benzene rings is 1. The third-order valence-corrected chi connectivity index (χ3v) is 4.82. The second kappa shape index (κ2) is 7.43. The van der Waals surface area contributed by atoms with Crippen molar-refractivity contribution in [2.75, 3.05) is 13.2 Å². The molecule has 0 saturated carbocycles. The van der Waals surface area contributed by atoms with Crippen LogP contribution < -0.4 is 10.1 Å². The fourth-order valence-corrected chi connectivity index (χ4v) is 3.65. The monoisotopic (exact) mass is 403 g/mol. The quantitative estimate of drug-likeness (QED) is 0.701. The third kappa shape index (κ3) is 4.60. The first kappa shape index (κ1) is 15.0. The molecular weight excluding hydrogens is 390 g/mol. The maximum atomic E-state index is 5.71. The number of nitrogens with one attached hydrogen (secondary N) is 1. The highest BCUT2D eigenvalue weighted by atomic mass is 79.9. The van der Waals surface area contributed by atoms with Gasteiger partial charge in [-0.1, -0.05) is 15.9 Å². The lowest BCUT2D eigenvalue weighted by Crippen LogP contribution is -2.20. The molecule has 0 saturated heterocycles. The lowest BCUT2D eigenvalue weighted by molar-refractivity contribution is 0.312. The number of hydrogen-bond acceptors (Lipinski definition) is 3. The average molecular weight is 405 g/mol. The Bertz CT molecular complexity index is 542. The van der Waals surface area contributed by atoms with Crippen LogP contribution in [-0.4, -0.2) is 13.2 Å². The number of halogens is 2. The molecule has 0 spiro atoms. The van der Waals surface area contributed by atoms with E-state index in [4.69, 9.17) is 4.74 Å². The first-order valence-corrected chi connectivity index (χ1v) is 8.45. The zero-order valence-corrected chi connectivity index (χ0v) is 14.6. The molecule has 1 aromatic heterocycles. The van der Waals surface area contributed by atoms with Crippen molar-refractivity contribution in [3.05, 3.63) is 49.0 Å². The molecule has 0 aliphatic heterocycles. The van der Waals surface area contributed by atoms with E-state index in [-0.39, 0.29) is 0 Å². The maximum absolute atomic E-state index is 5.71. The van der Waals surface area contributed by atoms with Crippen molar-refractivity contribution in [3.63, 3.8) is 0 Å². The molecule has 0 fully saturated rings. The first-order valence-electron chi connectivity index (χ1n) is 5.98. The number of rotatable bonds is 6. The molecule has 0 atom stereocenters. The summed E-state index contributed by atoms with van der Waals surface area (Å²) in [4.78, 5) is 1.39. The van der Waals surface area contributed by atoms with Gasteiger partial charge in [-0.05, 0) is 58.1 Å². The molecule has 19 heavy (non-hydrogen) atoms. The van der Waals surface area contributed by atoms with E-state index in [0.717, 1.165) is 27.8 Å². The van der Waals surface area contributed by atoms with Gasteiger partial charge in [0.25, 0.3) is 0 Å². The van der Waals surface area contributed by atoms with Crippen molar-refractivity contribution in [1.29, 1.82) is 0 Å². The van der Waals surface area contributed by atoms with Crippen molar-refractivity contribution >= 4 is 43.2 Å². The van der Waals surface area contributed by atoms with Crippen LogP contribution in [0.3, 0.4) is 0 Å². The summed E-state index contributed by atoms with van der Waals surface area (Å²) in [7, 11) is 0. The van der Waals surface area contributed by atoms with Crippen LogP contribution in [0.2, 0.25) is 0 Å². The van der Waals surface area contributed by atoms with Gasteiger partial charge in [-0.2, -0.15) is 0 Å². The number of aryl methyl sites for hydroxylation is 1. The zero-order chi connectivity index (χ0) is 13.7. The standard InChI is InChI=1S/C14H15Br2NOS/c1-10-4-7-19-14(10)9-17-5-6-18-13-3-2-11(15)8-12(13)16/h2-4,7-8,17H,5-6,9H2,1H3. The third-order valence-electron chi connectivity index (χ3n) is 2.68. The zero-order valence-electron chi connectivity index (χ0n) is 10.6. The Morgan fingerprint density at radius 3 is 2.79 bits per heavy atom. The summed E-state index contributed by atoms with van der Waals surface area (Å²) in [5.41, 5.74) is 1.36. The Morgan fingerprint density at radius 2 is 2.11 bits per heavy atom. The van der Waals surface area contributed by atoms with E-state index in [2.05, 4.69) is 55.5 Å². The Morgan fingerprint density at radius 1 is 1.26 bits per heavy atom. The highest BCUT2D eigenvalue weighted by molar-refractivity contribution is 9.11. The van der Waals surface area contributed by atoms with Crippen molar-refractivity contribution < 1.29 is 4.74 Å². The van der Waals surface area contributed by atoms with E-state index in [0.29, 0.717) is 6.61 Å². The van der Waals surface area contributed by atoms with Crippen LogP contribution in [0.4, 0.5) is 0 Å². The molecule has 0 radical (unpaired) electrons. The first-order chi connectivity index (χ1) is 9.16. The molecule has 102 valence electrons. The van der Waals surface area contributed by atoms with Gasteiger partial charge < -0.3 is 10.1 Å². The summed E-state index contributed by atoms with van der Waals surface area (Å²) in [6.45, 7) is 4.54. The fraction of sp³-hybridized carbons (Fsp3) is 0.286. The summed E-state index contributed by atoms with van der Waals surface area (Å²) in [6, 6.07) is 8.06. The lowest BCUT2D eigenvalue weighted by Gasteiger charge is -2.09. The largest absolute Gasteiger partial charge is 0.491 e. The smallest absolute Gasteiger partial charge is 0.133 e. The summed E-state index contributed by atoms with van der Waals surface area (Å²) in [6.07, 6.45) is 0. The fourth-order valence-electron chi connectivity index (χ4n) is 1.61. The normalized spacial score (nSPS) is 10.7. The van der Waals surface area contributed by atoms with Crippen LogP contribution in [0.5, 0.6) is 5.75 Å². The molecule has 1 N–H and O–H groups in total. The molecular formula is C14H15Br2NOS. The van der Waals surface area contributed by atoms with Crippen molar-refractivity contribution in [3.8, 4) is 5.75 Å². The minimum atomic E-state index is 0.657. The van der Waals surface area contributed by atoms with Gasteiger partial charge >= 0.3 is 0 Å². The minimum Gasteiger partial charge on any atom is -0.491 e. The van der Waals surface area contributed by atoms with Gasteiger partial charge in [0.1, 0.15) is 12.4 Å². The topological polar surface area (TPSA) is 21.3 Å². The van der Waals surface area contributed by atoms with Crippen molar-refractivity contribution in [2.45, 2.75) is 13.5 Å². The van der Waals surface area contributed by atoms with Gasteiger partial charge in [0.05, 0.1) is 4.47 Å². The number of hydrogen-bond donors (Lipinski definition) is 1. The molecule has 5 heteroatoms. The highest BCUT2D eigenvalue weighted by Gasteiger charge is 2.02. The number of ether oxygens (including phenoxy) is 1. The minimum absolute atomic E-state index is 0.657. The number of thiophene rings is 1. The predicted octanol–water partition coefficient (Wildman–Crippen LogP) is 4.75. The molecule has 0 aliphatic carbocycles. The molecule has 2 nitrogen and oxygen atoms in total. The van der Waals surface area contributed by atoms with Crippen LogP contribution in [0, 0.1) is 6.92 Å². The maximum Gasteiger partial charge on any atom is 0.133 e. The van der Waals surface area contributed by atoms with Crippen LogP contribution in [-0.2, 0) is 6.54 Å². The van der Waals surface area contributed by atoms with E-state index in [9.17, 15) is 0 Å². The SMILES string of the molecule is Cc1ccsc1CNCCOc1ccc(Br)cc1Br. The molecule has 2 rings (SSSR count). The summed E-state index contributed by atoms with van der Waals surface area (Å²) >= 11 is 8.70. The highest BCUT2D eigenvalue weighted by Crippen LogP contribution is 2.28. The van der Waals surface area contributed by atoms with E-state index in [1.807, 2.05) is 18.2 Å². The molecule has 0 bridgehead atoms. The predicted molar refractivity (Wildman–Crippen MR) is 88.1 cm³/mol. The van der Waals surface area contributed by atoms with Gasteiger partial charge in [-0.15, -0.1) is 11.3 Å². The van der Waals surface area contributed by atoms with E-state index >= 15 is 0 Å². The Balaban J connectivity index is 1.71. The second-order valence-corrected chi connectivity index (χ2v) is 6.90. The van der Waals surface area contributed by atoms with Gasteiger partial charge in [0, 0.05) is 22.4 Å². The van der Waals surface area contributed by atoms with Crippen LogP contribution in [0.15, 0.2) is 38.6 Å². The molecule has 2 aromatic rings. The van der Waals surface area contributed by atoms with Gasteiger partial charge in [0.15, 0.2) is 0 Å². The van der Waals surface area contributed by atoms with Crippen LogP contribution >= 0.6 is 43.2 Å². The summed E-state index contributed by atoms with van der Waals surface area (Å²) in [5, 5.41) is 5.52. The van der Waals surface area contributed by atoms with E-state index in [1.54, 1.807) is 11.3 Å². The van der Waals surface area contributed by atoms with Gasteiger partial charge in [-0.25, -0.2) is 0 Å². The van der Waals surface area contributed by atoms with Crippen LogP contribution in [0.25, 0.3) is 0 Å². The Labute approximate surface area is 134 Å². The van der Waals surface area contributed by atoms with Crippen LogP contribution in [0.1, 0.15) is 10.4 Å². The lowest BCUT2D eigenvalue weighted by atomic mass is 10.3. The van der Waals surface area contributed by atoms with E-state index < -0.39 is 0 Å². The molecule has 0 aliphatic rings. The Hall–Kier alpha value is -0.360. The molecule has 1 aromatic carbocycles. The second-order valence-electron chi connectivity index (χ2n) is 4.13. The summed E-state index contributed by atoms with van der Waals surface area (Å²) < 4.78 is 7.72. The van der Waals surface area contributed by atoms with Gasteiger partial charge in [0.2, 0.25) is 0 Å². The summed E-state index contributed by atoms with van der Waals surface area (Å²) in [5.74, 6) is 0.873.